The lowest BCUT2D eigenvalue weighted by Crippen LogP contribution is -2.50. The van der Waals surface area contributed by atoms with Crippen LogP contribution in [0.2, 0.25) is 0 Å². The van der Waals surface area contributed by atoms with Gasteiger partial charge in [-0.15, -0.1) is 24.0 Å². The van der Waals surface area contributed by atoms with Gasteiger partial charge in [0.15, 0.2) is 5.96 Å². The number of likely N-dealkylation sites (tertiary alicyclic amines) is 1. The van der Waals surface area contributed by atoms with Crippen molar-refractivity contribution in [1.29, 1.82) is 0 Å². The van der Waals surface area contributed by atoms with Gasteiger partial charge in [-0.1, -0.05) is 20.3 Å². The second-order valence-electron chi connectivity index (χ2n) is 8.12. The van der Waals surface area contributed by atoms with Gasteiger partial charge in [0.05, 0.1) is 12.3 Å². The molecule has 170 valence electrons. The van der Waals surface area contributed by atoms with E-state index in [2.05, 4.69) is 20.3 Å². The summed E-state index contributed by atoms with van der Waals surface area (Å²) in [5, 5.41) is 6.57. The summed E-state index contributed by atoms with van der Waals surface area (Å²) in [6.45, 7) is 8.82. The van der Waals surface area contributed by atoms with Crippen molar-refractivity contribution in [3.05, 3.63) is 0 Å². The summed E-state index contributed by atoms with van der Waals surface area (Å²) in [5.74, 6) is 1.38. The van der Waals surface area contributed by atoms with E-state index in [-0.39, 0.29) is 54.1 Å². The minimum absolute atomic E-state index is 0. The average Bonchev–Trinajstić information content (AvgIpc) is 2.60. The highest BCUT2D eigenvalue weighted by molar-refractivity contribution is 14.0. The van der Waals surface area contributed by atoms with E-state index in [9.17, 15) is 13.2 Å². The van der Waals surface area contributed by atoms with Gasteiger partial charge in [-0.2, -0.15) is 0 Å². The Labute approximate surface area is 193 Å². The standard InChI is InChI=1S/C19H37N5O3S.HI/c1-4-20-19(21-10-13-28(26,27)22-14-16-6-5-7-16)23-17-8-11-24(12-9-17)18(25)15(2)3;/h15-17,22H,4-14H2,1-3H3,(H2,20,21,23);1H. The SMILES string of the molecule is CCNC(=NCCS(=O)(=O)NCC1CCC1)NC1CCN(C(=O)C(C)C)CC1.I. The Morgan fingerprint density at radius 2 is 1.83 bits per heavy atom. The third-order valence-corrected chi connectivity index (χ3v) is 6.76. The van der Waals surface area contributed by atoms with Gasteiger partial charge in [0.25, 0.3) is 0 Å². The van der Waals surface area contributed by atoms with Gasteiger partial charge in [-0.3, -0.25) is 9.79 Å². The summed E-state index contributed by atoms with van der Waals surface area (Å²) >= 11 is 0. The fourth-order valence-corrected chi connectivity index (χ4v) is 4.38. The van der Waals surface area contributed by atoms with E-state index in [1.807, 2.05) is 25.7 Å². The van der Waals surface area contributed by atoms with Crippen molar-refractivity contribution in [2.24, 2.45) is 16.8 Å². The van der Waals surface area contributed by atoms with Gasteiger partial charge in [0, 0.05) is 38.1 Å². The van der Waals surface area contributed by atoms with Crippen LogP contribution in [-0.4, -0.2) is 69.7 Å². The predicted molar refractivity (Wildman–Crippen MR) is 128 cm³/mol. The van der Waals surface area contributed by atoms with Crippen molar-refractivity contribution in [2.75, 3.05) is 38.5 Å². The minimum atomic E-state index is -3.28. The van der Waals surface area contributed by atoms with E-state index < -0.39 is 10.0 Å². The Morgan fingerprint density at radius 1 is 1.17 bits per heavy atom. The number of sulfonamides is 1. The van der Waals surface area contributed by atoms with Crippen LogP contribution in [-0.2, 0) is 14.8 Å². The molecule has 2 fully saturated rings. The van der Waals surface area contributed by atoms with Crippen LogP contribution in [0.25, 0.3) is 0 Å². The molecule has 0 aromatic heterocycles. The zero-order valence-electron chi connectivity index (χ0n) is 17.9. The number of hydrogen-bond acceptors (Lipinski definition) is 4. The second kappa shape index (κ2) is 12.9. The lowest BCUT2D eigenvalue weighted by Gasteiger charge is -2.34. The minimum Gasteiger partial charge on any atom is -0.357 e. The number of rotatable bonds is 9. The zero-order valence-corrected chi connectivity index (χ0v) is 21.1. The number of nitrogens with one attached hydrogen (secondary N) is 3. The highest BCUT2D eigenvalue weighted by Gasteiger charge is 2.25. The molecule has 0 atom stereocenters. The van der Waals surface area contributed by atoms with Crippen LogP contribution in [0.15, 0.2) is 4.99 Å². The van der Waals surface area contributed by atoms with Crippen LogP contribution in [0.1, 0.15) is 52.9 Å². The van der Waals surface area contributed by atoms with E-state index in [1.54, 1.807) is 0 Å². The topological polar surface area (TPSA) is 103 Å². The van der Waals surface area contributed by atoms with Gasteiger partial charge in [-0.05, 0) is 38.5 Å². The van der Waals surface area contributed by atoms with E-state index in [4.69, 9.17) is 0 Å². The molecule has 1 amide bonds. The first-order valence-electron chi connectivity index (χ1n) is 10.6. The Balaban J connectivity index is 0.00000420. The number of carbonyl (C=O) groups is 1. The van der Waals surface area contributed by atoms with Gasteiger partial charge in [0.1, 0.15) is 0 Å². The molecule has 1 heterocycles. The molecule has 10 heteroatoms. The molecule has 1 saturated heterocycles. The molecular formula is C19H38IN5O3S. The quantitative estimate of drug-likeness (QED) is 0.233. The molecule has 2 aliphatic rings. The second-order valence-corrected chi connectivity index (χ2v) is 10.0. The van der Waals surface area contributed by atoms with Crippen molar-refractivity contribution in [1.82, 2.24) is 20.3 Å². The van der Waals surface area contributed by atoms with Crippen molar-refractivity contribution >= 4 is 45.9 Å². The molecule has 0 aromatic rings. The summed E-state index contributed by atoms with van der Waals surface area (Å²) in [6, 6.07) is 0.238. The first-order valence-corrected chi connectivity index (χ1v) is 12.3. The molecule has 29 heavy (non-hydrogen) atoms. The van der Waals surface area contributed by atoms with E-state index in [0.717, 1.165) is 38.8 Å². The summed E-state index contributed by atoms with van der Waals surface area (Å²) < 4.78 is 26.9. The number of piperidine rings is 1. The normalized spacial score (nSPS) is 18.9. The van der Waals surface area contributed by atoms with Crippen molar-refractivity contribution in [3.63, 3.8) is 0 Å². The Kier molecular flexibility index (Phi) is 11.8. The molecule has 1 saturated carbocycles. The van der Waals surface area contributed by atoms with E-state index in [0.29, 0.717) is 25.0 Å². The monoisotopic (exact) mass is 543 g/mol. The number of hydrogen-bond donors (Lipinski definition) is 3. The lowest BCUT2D eigenvalue weighted by atomic mass is 9.86. The fraction of sp³-hybridized carbons (Fsp3) is 0.895. The first-order chi connectivity index (χ1) is 13.3. The molecule has 0 unspecified atom stereocenters. The highest BCUT2D eigenvalue weighted by atomic mass is 127. The van der Waals surface area contributed by atoms with Crippen molar-refractivity contribution < 1.29 is 13.2 Å². The Hall–Kier alpha value is -0.620. The summed E-state index contributed by atoms with van der Waals surface area (Å²) in [4.78, 5) is 18.4. The van der Waals surface area contributed by atoms with Crippen LogP contribution < -0.4 is 15.4 Å². The highest BCUT2D eigenvalue weighted by Crippen LogP contribution is 2.25. The van der Waals surface area contributed by atoms with E-state index in [1.165, 1.54) is 6.42 Å². The summed E-state index contributed by atoms with van der Waals surface area (Å²) in [5.41, 5.74) is 0. The van der Waals surface area contributed by atoms with Gasteiger partial charge in [-0.25, -0.2) is 13.1 Å². The largest absolute Gasteiger partial charge is 0.357 e. The Morgan fingerprint density at radius 3 is 2.34 bits per heavy atom. The number of aliphatic imine (C=N–C) groups is 1. The van der Waals surface area contributed by atoms with Crippen molar-refractivity contribution in [3.8, 4) is 0 Å². The summed E-state index contributed by atoms with van der Waals surface area (Å²) in [6.07, 6.45) is 5.18. The molecule has 1 aliphatic carbocycles. The first kappa shape index (κ1) is 26.4. The number of halogens is 1. The maximum atomic E-state index is 12.1. The molecule has 8 nitrogen and oxygen atoms in total. The van der Waals surface area contributed by atoms with Crippen LogP contribution in [0.4, 0.5) is 0 Å². The van der Waals surface area contributed by atoms with Gasteiger partial charge in [0.2, 0.25) is 15.9 Å². The number of guanidine groups is 1. The maximum Gasteiger partial charge on any atom is 0.225 e. The van der Waals surface area contributed by atoms with E-state index >= 15 is 0 Å². The zero-order chi connectivity index (χ0) is 20.6. The number of amides is 1. The van der Waals surface area contributed by atoms with Crippen LogP contribution >= 0.6 is 24.0 Å². The number of nitrogens with zero attached hydrogens (tertiary/aromatic N) is 2. The molecule has 0 spiro atoms. The molecule has 2 rings (SSSR count). The molecule has 0 radical (unpaired) electrons. The molecule has 1 aliphatic heterocycles. The lowest BCUT2D eigenvalue weighted by molar-refractivity contribution is -0.135. The molecular weight excluding hydrogens is 505 g/mol. The molecule has 3 N–H and O–H groups in total. The smallest absolute Gasteiger partial charge is 0.225 e. The van der Waals surface area contributed by atoms with Crippen LogP contribution in [0, 0.1) is 11.8 Å². The predicted octanol–water partition coefficient (Wildman–Crippen LogP) is 1.53. The maximum absolute atomic E-state index is 12.1. The number of carbonyl (C=O) groups excluding carboxylic acids is 1. The van der Waals surface area contributed by atoms with Crippen LogP contribution in [0.5, 0.6) is 0 Å². The fourth-order valence-electron chi connectivity index (χ4n) is 3.41. The van der Waals surface area contributed by atoms with Crippen molar-refractivity contribution in [2.45, 2.75) is 58.9 Å². The third-order valence-electron chi connectivity index (χ3n) is 5.43. The molecule has 0 aromatic carbocycles. The third kappa shape index (κ3) is 9.37. The molecule has 0 bridgehead atoms. The summed E-state index contributed by atoms with van der Waals surface area (Å²) in [7, 11) is -3.28. The van der Waals surface area contributed by atoms with Gasteiger partial charge >= 0.3 is 0 Å². The Bertz CT molecular complexity index is 630. The average molecular weight is 544 g/mol. The van der Waals surface area contributed by atoms with Crippen LogP contribution in [0.3, 0.4) is 0 Å². The van der Waals surface area contributed by atoms with Gasteiger partial charge < -0.3 is 15.5 Å².